The summed E-state index contributed by atoms with van der Waals surface area (Å²) >= 11 is 0. The van der Waals surface area contributed by atoms with Crippen LogP contribution in [0.5, 0.6) is 0 Å². The second kappa shape index (κ2) is 3.62. The molecule has 0 heterocycles. The van der Waals surface area contributed by atoms with Gasteiger partial charge in [0.05, 0.1) is 0 Å². The lowest BCUT2D eigenvalue weighted by atomic mass is 9.50. The summed E-state index contributed by atoms with van der Waals surface area (Å²) in [6.07, 6.45) is 4.11. The predicted octanol–water partition coefficient (Wildman–Crippen LogP) is 1.78. The highest BCUT2D eigenvalue weighted by Gasteiger charge is 2.57. The molecule has 92 valence electrons. The Labute approximate surface area is 96.9 Å². The molecular formula is C12H22N2O2. The largest absolute Gasteiger partial charge is 0.444 e. The van der Waals surface area contributed by atoms with Gasteiger partial charge < -0.3 is 15.8 Å². The first kappa shape index (κ1) is 11.7. The molecule has 4 nitrogen and oxygen atoms in total. The number of ether oxygens (including phenoxy) is 1. The second-order valence-corrected chi connectivity index (χ2v) is 6.13. The van der Waals surface area contributed by atoms with Crippen molar-refractivity contribution in [3.63, 3.8) is 0 Å². The Bertz CT molecular complexity index is 292. The van der Waals surface area contributed by atoms with Crippen molar-refractivity contribution < 1.29 is 9.53 Å². The fraction of sp³-hybridized carbons (Fsp3) is 0.917. The third-order valence-corrected chi connectivity index (χ3v) is 3.90. The number of hydrogen-bond acceptors (Lipinski definition) is 3. The fourth-order valence-electron chi connectivity index (χ4n) is 2.78. The van der Waals surface area contributed by atoms with Crippen molar-refractivity contribution in [2.24, 2.45) is 11.1 Å². The molecule has 0 aromatic carbocycles. The van der Waals surface area contributed by atoms with Crippen LogP contribution in [0.25, 0.3) is 0 Å². The molecule has 4 heteroatoms. The average Bonchev–Trinajstić information content (AvgIpc) is 1.95. The molecule has 2 saturated carbocycles. The van der Waals surface area contributed by atoms with E-state index in [-0.39, 0.29) is 23.6 Å². The first-order chi connectivity index (χ1) is 7.33. The normalized spacial score (nSPS) is 31.5. The summed E-state index contributed by atoms with van der Waals surface area (Å²) in [5.41, 5.74) is 5.78. The summed E-state index contributed by atoms with van der Waals surface area (Å²) in [4.78, 5) is 11.6. The van der Waals surface area contributed by atoms with Crippen LogP contribution in [0.15, 0.2) is 0 Å². The van der Waals surface area contributed by atoms with E-state index in [0.717, 1.165) is 19.3 Å². The van der Waals surface area contributed by atoms with Gasteiger partial charge in [0, 0.05) is 17.5 Å². The maximum Gasteiger partial charge on any atom is 0.407 e. The van der Waals surface area contributed by atoms with E-state index in [2.05, 4.69) is 5.32 Å². The lowest BCUT2D eigenvalue weighted by Crippen LogP contribution is -2.70. The lowest BCUT2D eigenvalue weighted by Gasteiger charge is -2.60. The van der Waals surface area contributed by atoms with Crippen LogP contribution < -0.4 is 11.1 Å². The molecule has 0 aliphatic heterocycles. The number of hydrogen-bond donors (Lipinski definition) is 2. The zero-order chi connectivity index (χ0) is 12.0. The van der Waals surface area contributed by atoms with Gasteiger partial charge in [0.1, 0.15) is 5.60 Å². The van der Waals surface area contributed by atoms with E-state index in [1.165, 1.54) is 6.42 Å². The van der Waals surface area contributed by atoms with Crippen LogP contribution >= 0.6 is 0 Å². The van der Waals surface area contributed by atoms with Gasteiger partial charge in [-0.05, 0) is 40.0 Å². The number of alkyl carbamates (subject to hydrolysis) is 1. The first-order valence-corrected chi connectivity index (χ1v) is 6.09. The molecule has 2 atom stereocenters. The minimum Gasteiger partial charge on any atom is -0.444 e. The maximum absolute atomic E-state index is 11.6. The Balaban J connectivity index is 1.85. The monoisotopic (exact) mass is 226 g/mol. The SMILES string of the molecule is CC(C)(C)OC(=O)N[C@H]1C[C@@H](N)C12CCC2. The molecule has 2 aliphatic carbocycles. The van der Waals surface area contributed by atoms with E-state index in [0.29, 0.717) is 0 Å². The van der Waals surface area contributed by atoms with Crippen LogP contribution in [0.1, 0.15) is 46.5 Å². The van der Waals surface area contributed by atoms with E-state index in [1.54, 1.807) is 0 Å². The van der Waals surface area contributed by atoms with Gasteiger partial charge >= 0.3 is 6.09 Å². The predicted molar refractivity (Wildman–Crippen MR) is 62.0 cm³/mol. The molecule has 1 spiro atoms. The average molecular weight is 226 g/mol. The number of carbonyl (C=O) groups is 1. The van der Waals surface area contributed by atoms with Crippen molar-refractivity contribution in [1.29, 1.82) is 0 Å². The molecule has 3 N–H and O–H groups in total. The molecule has 0 bridgehead atoms. The van der Waals surface area contributed by atoms with Crippen molar-refractivity contribution in [3.8, 4) is 0 Å². The Kier molecular flexibility index (Phi) is 2.65. The highest BCUT2D eigenvalue weighted by Crippen LogP contribution is 2.55. The third-order valence-electron chi connectivity index (χ3n) is 3.90. The molecule has 0 aromatic heterocycles. The maximum atomic E-state index is 11.6. The summed E-state index contributed by atoms with van der Waals surface area (Å²) in [5.74, 6) is 0. The van der Waals surface area contributed by atoms with Crippen LogP contribution in [0.4, 0.5) is 4.79 Å². The van der Waals surface area contributed by atoms with Gasteiger partial charge in [-0.3, -0.25) is 0 Å². The molecule has 2 aliphatic rings. The zero-order valence-electron chi connectivity index (χ0n) is 10.4. The van der Waals surface area contributed by atoms with Gasteiger partial charge in [-0.1, -0.05) is 6.42 Å². The van der Waals surface area contributed by atoms with Gasteiger partial charge in [0.25, 0.3) is 0 Å². The van der Waals surface area contributed by atoms with E-state index < -0.39 is 5.60 Å². The highest BCUT2D eigenvalue weighted by molar-refractivity contribution is 5.68. The van der Waals surface area contributed by atoms with E-state index >= 15 is 0 Å². The summed E-state index contributed by atoms with van der Waals surface area (Å²) in [7, 11) is 0. The minimum absolute atomic E-state index is 0.191. The molecule has 16 heavy (non-hydrogen) atoms. The van der Waals surface area contributed by atoms with E-state index in [9.17, 15) is 4.79 Å². The Hall–Kier alpha value is -0.770. The smallest absolute Gasteiger partial charge is 0.407 e. The van der Waals surface area contributed by atoms with Crippen molar-refractivity contribution in [3.05, 3.63) is 0 Å². The standard InChI is InChI=1S/C12H22N2O2/c1-11(2,3)16-10(15)14-9-7-8(13)12(9)5-4-6-12/h8-9H,4-7,13H2,1-3H3,(H,14,15)/t8-,9+/m1/s1. The first-order valence-electron chi connectivity index (χ1n) is 6.09. The van der Waals surface area contributed by atoms with Crippen molar-refractivity contribution >= 4 is 6.09 Å². The van der Waals surface area contributed by atoms with Crippen LogP contribution in [0.2, 0.25) is 0 Å². The quantitative estimate of drug-likeness (QED) is 0.716. The van der Waals surface area contributed by atoms with Gasteiger partial charge in [-0.25, -0.2) is 4.79 Å². The number of nitrogens with one attached hydrogen (secondary N) is 1. The molecule has 0 unspecified atom stereocenters. The molecule has 2 fully saturated rings. The third kappa shape index (κ3) is 1.90. The number of rotatable bonds is 1. The molecule has 1 amide bonds. The molecule has 2 rings (SSSR count). The summed E-state index contributed by atoms with van der Waals surface area (Å²) in [5, 5.41) is 2.95. The van der Waals surface area contributed by atoms with E-state index in [1.807, 2.05) is 20.8 Å². The van der Waals surface area contributed by atoms with Crippen molar-refractivity contribution in [2.45, 2.75) is 64.1 Å². The van der Waals surface area contributed by atoms with Crippen molar-refractivity contribution in [2.75, 3.05) is 0 Å². The number of amides is 1. The van der Waals surface area contributed by atoms with Crippen molar-refractivity contribution in [1.82, 2.24) is 5.32 Å². The van der Waals surface area contributed by atoms with Gasteiger partial charge in [-0.15, -0.1) is 0 Å². The van der Waals surface area contributed by atoms with Crippen LogP contribution in [-0.4, -0.2) is 23.8 Å². The summed E-state index contributed by atoms with van der Waals surface area (Å²) < 4.78 is 5.25. The van der Waals surface area contributed by atoms with E-state index in [4.69, 9.17) is 10.5 Å². The van der Waals surface area contributed by atoms with Gasteiger partial charge in [0.2, 0.25) is 0 Å². The second-order valence-electron chi connectivity index (χ2n) is 6.13. The topological polar surface area (TPSA) is 64.3 Å². The number of nitrogens with two attached hydrogens (primary N) is 1. The molecule has 0 radical (unpaired) electrons. The molecule has 0 aromatic rings. The minimum atomic E-state index is -0.428. The fourth-order valence-corrected chi connectivity index (χ4v) is 2.78. The van der Waals surface area contributed by atoms with Gasteiger partial charge in [-0.2, -0.15) is 0 Å². The Morgan fingerprint density at radius 1 is 1.44 bits per heavy atom. The summed E-state index contributed by atoms with van der Waals surface area (Å²) in [6, 6.07) is 0.493. The van der Waals surface area contributed by atoms with Crippen LogP contribution in [0.3, 0.4) is 0 Å². The molecular weight excluding hydrogens is 204 g/mol. The van der Waals surface area contributed by atoms with Crippen LogP contribution in [-0.2, 0) is 4.74 Å². The number of carbonyl (C=O) groups excluding carboxylic acids is 1. The van der Waals surface area contributed by atoms with Gasteiger partial charge in [0.15, 0.2) is 0 Å². The molecule has 0 saturated heterocycles. The Morgan fingerprint density at radius 2 is 2.06 bits per heavy atom. The van der Waals surface area contributed by atoms with Crippen LogP contribution in [0, 0.1) is 5.41 Å². The lowest BCUT2D eigenvalue weighted by molar-refractivity contribution is -0.0462. The Morgan fingerprint density at radius 3 is 2.44 bits per heavy atom. The highest BCUT2D eigenvalue weighted by atomic mass is 16.6. The zero-order valence-corrected chi connectivity index (χ0v) is 10.4. The summed E-state index contributed by atoms with van der Waals surface area (Å²) in [6.45, 7) is 5.62.